The van der Waals surface area contributed by atoms with E-state index in [1.54, 1.807) is 0 Å². The predicted octanol–water partition coefficient (Wildman–Crippen LogP) is 4.32. The molecule has 2 atom stereocenters. The fourth-order valence-electron chi connectivity index (χ4n) is 2.23. The zero-order valence-electron chi connectivity index (χ0n) is 12.0. The highest BCUT2D eigenvalue weighted by atomic mass is 35.5. The number of nitrogens with one attached hydrogen (secondary N) is 1. The lowest BCUT2D eigenvalue weighted by Crippen LogP contribution is -2.32. The van der Waals surface area contributed by atoms with E-state index in [0.717, 1.165) is 5.56 Å². The van der Waals surface area contributed by atoms with Gasteiger partial charge in [-0.15, -0.1) is 0 Å². The Morgan fingerprint density at radius 2 is 1.79 bits per heavy atom. The van der Waals surface area contributed by atoms with E-state index in [9.17, 15) is 5.11 Å². The molecule has 0 amide bonds. The molecule has 2 N–H and O–H groups in total. The van der Waals surface area contributed by atoms with Gasteiger partial charge in [0.15, 0.2) is 0 Å². The van der Waals surface area contributed by atoms with Crippen LogP contribution in [0.5, 0.6) is 0 Å². The second-order valence-corrected chi connectivity index (χ2v) is 5.54. The van der Waals surface area contributed by atoms with Gasteiger partial charge in [0, 0.05) is 17.6 Å². The molecule has 1 rings (SSSR count). The Balaban J connectivity index is 2.41. The molecular weight excluding hydrogens is 258 g/mol. The summed E-state index contributed by atoms with van der Waals surface area (Å²) in [4.78, 5) is 0. The number of aliphatic hydroxyl groups is 1. The molecule has 0 aliphatic rings. The topological polar surface area (TPSA) is 32.3 Å². The summed E-state index contributed by atoms with van der Waals surface area (Å²) in [6, 6.07) is 7.93. The average Bonchev–Trinajstić information content (AvgIpc) is 2.42. The van der Waals surface area contributed by atoms with E-state index in [1.165, 1.54) is 32.1 Å². The fourth-order valence-corrected chi connectivity index (χ4v) is 2.35. The van der Waals surface area contributed by atoms with Crippen LogP contribution >= 0.6 is 11.6 Å². The number of aliphatic hydroxyl groups excluding tert-OH is 1. The van der Waals surface area contributed by atoms with Gasteiger partial charge in [-0.1, -0.05) is 56.8 Å². The van der Waals surface area contributed by atoms with Crippen molar-refractivity contribution in [3.63, 3.8) is 0 Å². The molecular formula is C16H26ClNO. The van der Waals surface area contributed by atoms with Crippen molar-refractivity contribution in [1.29, 1.82) is 0 Å². The summed E-state index contributed by atoms with van der Waals surface area (Å²) in [7, 11) is 0. The molecule has 1 aromatic rings. The lowest BCUT2D eigenvalue weighted by atomic mass is 10.0. The Kier molecular flexibility index (Phi) is 8.11. The molecule has 3 heteroatoms. The summed E-state index contributed by atoms with van der Waals surface area (Å²) in [5.41, 5.74) is 0.919. The van der Waals surface area contributed by atoms with Crippen LogP contribution in [0.3, 0.4) is 0 Å². The van der Waals surface area contributed by atoms with Crippen molar-refractivity contribution in [2.75, 3.05) is 6.54 Å². The predicted molar refractivity (Wildman–Crippen MR) is 82.6 cm³/mol. The molecule has 0 aliphatic heterocycles. The summed E-state index contributed by atoms with van der Waals surface area (Å²) in [6.45, 7) is 5.03. The highest BCUT2D eigenvalue weighted by molar-refractivity contribution is 6.30. The number of unbranched alkanes of at least 4 members (excludes halogenated alkanes) is 1. The molecule has 0 aliphatic carbocycles. The number of rotatable bonds is 9. The maximum Gasteiger partial charge on any atom is 0.0914 e. The van der Waals surface area contributed by atoms with Gasteiger partial charge in [0.1, 0.15) is 0 Å². The maximum absolute atomic E-state index is 10.1. The van der Waals surface area contributed by atoms with Gasteiger partial charge in [-0.2, -0.15) is 0 Å². The Morgan fingerprint density at radius 3 is 2.37 bits per heavy atom. The molecule has 1 aromatic carbocycles. The van der Waals surface area contributed by atoms with E-state index in [4.69, 9.17) is 11.6 Å². The van der Waals surface area contributed by atoms with Gasteiger partial charge >= 0.3 is 0 Å². The number of hydrogen-bond donors (Lipinski definition) is 2. The lowest BCUT2D eigenvalue weighted by Gasteiger charge is -2.20. The Morgan fingerprint density at radius 1 is 1.11 bits per heavy atom. The van der Waals surface area contributed by atoms with Crippen LogP contribution in [0.25, 0.3) is 0 Å². The van der Waals surface area contributed by atoms with Crippen LogP contribution in [0.4, 0.5) is 0 Å². The molecule has 0 radical (unpaired) electrons. The van der Waals surface area contributed by atoms with E-state index in [1.807, 2.05) is 24.3 Å². The summed E-state index contributed by atoms with van der Waals surface area (Å²) >= 11 is 5.85. The van der Waals surface area contributed by atoms with Crippen LogP contribution in [-0.2, 0) is 0 Å². The third-order valence-corrected chi connectivity index (χ3v) is 3.65. The fraction of sp³-hybridized carbons (Fsp3) is 0.625. The number of benzene rings is 1. The molecule has 2 unspecified atom stereocenters. The number of hydrogen-bond acceptors (Lipinski definition) is 2. The molecule has 0 bridgehead atoms. The molecule has 108 valence electrons. The highest BCUT2D eigenvalue weighted by Gasteiger charge is 2.11. The summed E-state index contributed by atoms with van der Waals surface area (Å²) in [5.74, 6) is 0. The van der Waals surface area contributed by atoms with Gasteiger partial charge in [0.2, 0.25) is 0 Å². The molecule has 0 heterocycles. The first kappa shape index (κ1) is 16.5. The van der Waals surface area contributed by atoms with E-state index < -0.39 is 6.10 Å². The summed E-state index contributed by atoms with van der Waals surface area (Å²) in [5, 5.41) is 14.3. The van der Waals surface area contributed by atoms with Crippen LogP contribution < -0.4 is 5.32 Å². The Hall–Kier alpha value is -0.570. The van der Waals surface area contributed by atoms with E-state index in [-0.39, 0.29) is 0 Å². The van der Waals surface area contributed by atoms with Crippen LogP contribution in [0.2, 0.25) is 5.02 Å². The van der Waals surface area contributed by atoms with Crippen molar-refractivity contribution in [3.05, 3.63) is 34.9 Å². The molecule has 0 fully saturated rings. The van der Waals surface area contributed by atoms with Crippen molar-refractivity contribution in [2.24, 2.45) is 0 Å². The molecule has 0 saturated carbocycles. The maximum atomic E-state index is 10.1. The summed E-state index contributed by atoms with van der Waals surface area (Å²) < 4.78 is 0. The van der Waals surface area contributed by atoms with Gasteiger partial charge in [-0.3, -0.25) is 0 Å². The first-order valence-electron chi connectivity index (χ1n) is 7.34. The van der Waals surface area contributed by atoms with Gasteiger partial charge < -0.3 is 10.4 Å². The SMILES string of the molecule is CCCCC(CCC)NCC(O)c1ccc(Cl)cc1. The van der Waals surface area contributed by atoms with Crippen LogP contribution in [-0.4, -0.2) is 17.7 Å². The van der Waals surface area contributed by atoms with E-state index in [0.29, 0.717) is 17.6 Å². The minimum atomic E-state index is -0.460. The van der Waals surface area contributed by atoms with Crippen molar-refractivity contribution >= 4 is 11.6 Å². The third-order valence-electron chi connectivity index (χ3n) is 3.40. The van der Waals surface area contributed by atoms with Crippen molar-refractivity contribution in [2.45, 2.75) is 58.1 Å². The van der Waals surface area contributed by atoms with Gasteiger partial charge in [-0.25, -0.2) is 0 Å². The zero-order valence-corrected chi connectivity index (χ0v) is 12.8. The van der Waals surface area contributed by atoms with E-state index >= 15 is 0 Å². The van der Waals surface area contributed by atoms with Crippen molar-refractivity contribution in [3.8, 4) is 0 Å². The normalized spacial score (nSPS) is 14.3. The Bertz CT molecular complexity index is 339. The average molecular weight is 284 g/mol. The minimum absolute atomic E-state index is 0.460. The molecule has 2 nitrogen and oxygen atoms in total. The van der Waals surface area contributed by atoms with E-state index in [2.05, 4.69) is 19.2 Å². The standard InChI is InChI=1S/C16H26ClNO/c1-3-5-7-15(6-4-2)18-12-16(19)13-8-10-14(17)11-9-13/h8-11,15-16,18-19H,3-7,12H2,1-2H3. The summed E-state index contributed by atoms with van der Waals surface area (Å²) in [6.07, 6.45) is 5.55. The van der Waals surface area contributed by atoms with Gasteiger partial charge in [-0.05, 0) is 30.5 Å². The van der Waals surface area contributed by atoms with Crippen molar-refractivity contribution < 1.29 is 5.11 Å². The van der Waals surface area contributed by atoms with Crippen LogP contribution in [0.1, 0.15) is 57.6 Å². The second-order valence-electron chi connectivity index (χ2n) is 5.10. The minimum Gasteiger partial charge on any atom is -0.387 e. The molecule has 0 spiro atoms. The lowest BCUT2D eigenvalue weighted by molar-refractivity contribution is 0.167. The smallest absolute Gasteiger partial charge is 0.0914 e. The van der Waals surface area contributed by atoms with Gasteiger partial charge in [0.25, 0.3) is 0 Å². The zero-order chi connectivity index (χ0) is 14.1. The Labute approximate surface area is 122 Å². The van der Waals surface area contributed by atoms with Crippen molar-refractivity contribution in [1.82, 2.24) is 5.32 Å². The molecule has 19 heavy (non-hydrogen) atoms. The first-order valence-corrected chi connectivity index (χ1v) is 7.72. The number of halogens is 1. The first-order chi connectivity index (χ1) is 9.17. The molecule has 0 aromatic heterocycles. The largest absolute Gasteiger partial charge is 0.387 e. The van der Waals surface area contributed by atoms with Crippen LogP contribution in [0, 0.1) is 0 Å². The molecule has 0 saturated heterocycles. The quantitative estimate of drug-likeness (QED) is 0.707. The van der Waals surface area contributed by atoms with Crippen LogP contribution in [0.15, 0.2) is 24.3 Å². The third kappa shape index (κ3) is 6.42. The van der Waals surface area contributed by atoms with Gasteiger partial charge in [0.05, 0.1) is 6.10 Å². The second kappa shape index (κ2) is 9.35. The highest BCUT2D eigenvalue weighted by Crippen LogP contribution is 2.16. The monoisotopic (exact) mass is 283 g/mol.